The van der Waals surface area contributed by atoms with Crippen LogP contribution >= 0.6 is 34.5 Å². The first-order valence-electron chi connectivity index (χ1n) is 8.54. The van der Waals surface area contributed by atoms with Gasteiger partial charge < -0.3 is 4.74 Å². The maximum Gasteiger partial charge on any atom is 0.270 e. The lowest BCUT2D eigenvalue weighted by atomic mass is 10.2. The highest BCUT2D eigenvalue weighted by atomic mass is 35.5. The minimum Gasteiger partial charge on any atom is -0.492 e. The quantitative estimate of drug-likeness (QED) is 0.467. The van der Waals surface area contributed by atoms with E-state index in [0.717, 1.165) is 0 Å². The number of nitrogens with one attached hydrogen (secondary N) is 2. The number of hydrogen-bond donors (Lipinski definition) is 2. The van der Waals surface area contributed by atoms with Crippen LogP contribution in [0, 0.1) is 0 Å². The van der Waals surface area contributed by atoms with Crippen LogP contribution in [0.1, 0.15) is 17.3 Å². The number of amides is 1. The molecule has 0 bridgehead atoms. The number of sulfonamides is 1. The van der Waals surface area contributed by atoms with E-state index in [4.69, 9.17) is 27.9 Å². The Morgan fingerprint density at radius 3 is 2.60 bits per heavy atom. The fraction of sp³-hybridized carbons (Fsp3) is 0.167. The average molecular weight is 487 g/mol. The lowest BCUT2D eigenvalue weighted by Gasteiger charge is -2.13. The molecule has 0 saturated carbocycles. The van der Waals surface area contributed by atoms with Gasteiger partial charge in [-0.3, -0.25) is 10.1 Å². The molecule has 0 aliphatic heterocycles. The van der Waals surface area contributed by atoms with Crippen molar-refractivity contribution in [1.82, 2.24) is 14.9 Å². The molecule has 0 fully saturated rings. The molecule has 1 atom stereocenters. The van der Waals surface area contributed by atoms with E-state index >= 15 is 0 Å². The van der Waals surface area contributed by atoms with Crippen molar-refractivity contribution in [3.05, 3.63) is 64.1 Å². The number of carbonyl (C=O) groups excluding carboxylic acids is 1. The molecule has 0 aliphatic carbocycles. The number of ether oxygens (including phenoxy) is 1. The number of nitrogens with zero attached hydrogens (tertiary/aromatic N) is 2. The summed E-state index contributed by atoms with van der Waals surface area (Å²) >= 11 is 12.5. The molecular weight excluding hydrogens is 471 g/mol. The molecule has 30 heavy (non-hydrogen) atoms. The predicted molar refractivity (Wildman–Crippen MR) is 116 cm³/mol. The Bertz CT molecular complexity index is 1140. The number of hydrogen-bond acceptors (Lipinski definition) is 7. The molecule has 1 aromatic heterocycles. The van der Waals surface area contributed by atoms with Gasteiger partial charge in [-0.2, -0.15) is 0 Å². The van der Waals surface area contributed by atoms with Gasteiger partial charge in [-0.05, 0) is 37.3 Å². The van der Waals surface area contributed by atoms with Crippen LogP contribution in [0.15, 0.2) is 52.9 Å². The molecule has 1 amide bonds. The van der Waals surface area contributed by atoms with Crippen molar-refractivity contribution in [3.63, 3.8) is 0 Å². The number of para-hydroxylation sites is 1. The Kier molecular flexibility index (Phi) is 7.27. The van der Waals surface area contributed by atoms with Crippen molar-refractivity contribution in [2.75, 3.05) is 11.9 Å². The van der Waals surface area contributed by atoms with Crippen LogP contribution in [0.2, 0.25) is 10.0 Å². The summed E-state index contributed by atoms with van der Waals surface area (Å²) in [4.78, 5) is 12.3. The van der Waals surface area contributed by atoms with Gasteiger partial charge in [0.25, 0.3) is 15.9 Å². The lowest BCUT2D eigenvalue weighted by molar-refractivity contribution is 0.102. The van der Waals surface area contributed by atoms with E-state index in [2.05, 4.69) is 20.2 Å². The van der Waals surface area contributed by atoms with E-state index in [0.29, 0.717) is 22.1 Å². The zero-order valence-corrected chi connectivity index (χ0v) is 18.6. The molecule has 0 spiro atoms. The molecular formula is C18H16Cl2N4O4S2. The number of benzene rings is 2. The molecule has 3 aromatic rings. The number of rotatable bonds is 8. The third-order valence-corrected chi connectivity index (χ3v) is 6.98. The van der Waals surface area contributed by atoms with Crippen LogP contribution in [0.4, 0.5) is 5.13 Å². The maximum atomic E-state index is 12.5. The summed E-state index contributed by atoms with van der Waals surface area (Å²) in [6.07, 6.45) is 0. The Morgan fingerprint density at radius 1 is 1.17 bits per heavy atom. The molecule has 1 unspecified atom stereocenters. The number of carbonyl (C=O) groups is 1. The zero-order valence-electron chi connectivity index (χ0n) is 15.5. The van der Waals surface area contributed by atoms with Gasteiger partial charge in [-0.1, -0.05) is 52.7 Å². The number of aromatic nitrogens is 2. The second-order valence-electron chi connectivity index (χ2n) is 6.10. The summed E-state index contributed by atoms with van der Waals surface area (Å²) < 4.78 is 32.7. The van der Waals surface area contributed by atoms with Crippen LogP contribution in [0.3, 0.4) is 0 Å². The zero-order chi connectivity index (χ0) is 21.7. The first-order chi connectivity index (χ1) is 14.2. The third kappa shape index (κ3) is 5.89. The monoisotopic (exact) mass is 486 g/mol. The van der Waals surface area contributed by atoms with Gasteiger partial charge in [0.05, 0.1) is 16.6 Å². The number of anilines is 1. The summed E-state index contributed by atoms with van der Waals surface area (Å²) in [6.45, 7) is 1.79. The van der Waals surface area contributed by atoms with Crippen LogP contribution in [-0.2, 0) is 10.0 Å². The van der Waals surface area contributed by atoms with Gasteiger partial charge in [0.15, 0.2) is 0 Å². The van der Waals surface area contributed by atoms with Gasteiger partial charge in [0.1, 0.15) is 12.4 Å². The highest BCUT2D eigenvalue weighted by Gasteiger charge is 2.24. The molecule has 8 nitrogen and oxygen atoms in total. The standard InChI is InChI=1S/C18H16Cl2N4O4S2/c1-11(10-28-13-5-3-2-4-6-13)24-30(26,27)18-23-22-17(29-18)21-16(25)14-8-7-12(19)9-15(14)20/h2-9,11,24H,10H2,1H3,(H,21,22,25). The van der Waals surface area contributed by atoms with E-state index in [9.17, 15) is 13.2 Å². The summed E-state index contributed by atoms with van der Waals surface area (Å²) in [6, 6.07) is 12.9. The Labute approximate surface area is 187 Å². The fourth-order valence-electron chi connectivity index (χ4n) is 2.29. The van der Waals surface area contributed by atoms with E-state index < -0.39 is 22.0 Å². The largest absolute Gasteiger partial charge is 0.492 e. The maximum absolute atomic E-state index is 12.5. The summed E-state index contributed by atoms with van der Waals surface area (Å²) in [5.74, 6) is 0.0691. The van der Waals surface area contributed by atoms with Crippen LogP contribution in [0.25, 0.3) is 0 Å². The second-order valence-corrected chi connectivity index (χ2v) is 9.81. The van der Waals surface area contributed by atoms with E-state index in [-0.39, 0.29) is 26.7 Å². The summed E-state index contributed by atoms with van der Waals surface area (Å²) in [5, 5.41) is 10.4. The normalized spacial score (nSPS) is 12.4. The smallest absolute Gasteiger partial charge is 0.270 e. The molecule has 0 saturated heterocycles. The second kappa shape index (κ2) is 9.71. The summed E-state index contributed by atoms with van der Waals surface area (Å²) in [5.41, 5.74) is 0.172. The molecule has 2 N–H and O–H groups in total. The van der Waals surface area contributed by atoms with E-state index in [1.807, 2.05) is 18.2 Å². The molecule has 12 heteroatoms. The van der Waals surface area contributed by atoms with Gasteiger partial charge in [-0.15, -0.1) is 10.2 Å². The Morgan fingerprint density at radius 2 is 1.90 bits per heavy atom. The SMILES string of the molecule is CC(COc1ccccc1)NS(=O)(=O)c1nnc(NC(=O)c2ccc(Cl)cc2Cl)s1. The Hall–Kier alpha value is -2.24. The molecule has 0 radical (unpaired) electrons. The van der Waals surface area contributed by atoms with E-state index in [1.54, 1.807) is 19.1 Å². The Balaban J connectivity index is 1.61. The average Bonchev–Trinajstić information content (AvgIpc) is 3.16. The van der Waals surface area contributed by atoms with Crippen LogP contribution in [0.5, 0.6) is 5.75 Å². The lowest BCUT2D eigenvalue weighted by Crippen LogP contribution is -2.36. The van der Waals surface area contributed by atoms with E-state index in [1.165, 1.54) is 18.2 Å². The number of halogens is 2. The van der Waals surface area contributed by atoms with Crippen molar-refractivity contribution >= 4 is 55.6 Å². The van der Waals surface area contributed by atoms with Crippen molar-refractivity contribution in [2.24, 2.45) is 0 Å². The van der Waals surface area contributed by atoms with Gasteiger partial charge in [0, 0.05) is 5.02 Å². The first-order valence-corrected chi connectivity index (χ1v) is 11.6. The van der Waals surface area contributed by atoms with Crippen molar-refractivity contribution in [1.29, 1.82) is 0 Å². The molecule has 2 aromatic carbocycles. The van der Waals surface area contributed by atoms with Gasteiger partial charge in [0.2, 0.25) is 9.47 Å². The minimum absolute atomic E-state index is 0.0135. The fourth-order valence-corrected chi connectivity index (χ4v) is 4.93. The van der Waals surface area contributed by atoms with Gasteiger partial charge in [-0.25, -0.2) is 13.1 Å². The predicted octanol–water partition coefficient (Wildman–Crippen LogP) is 3.84. The van der Waals surface area contributed by atoms with Crippen molar-refractivity contribution in [3.8, 4) is 5.75 Å². The van der Waals surface area contributed by atoms with Crippen LogP contribution in [-0.4, -0.2) is 37.2 Å². The molecule has 3 rings (SSSR count). The highest BCUT2D eigenvalue weighted by molar-refractivity contribution is 7.91. The van der Waals surface area contributed by atoms with Crippen molar-refractivity contribution < 1.29 is 17.9 Å². The minimum atomic E-state index is -3.94. The molecule has 158 valence electrons. The van der Waals surface area contributed by atoms with Crippen molar-refractivity contribution in [2.45, 2.75) is 17.3 Å². The van der Waals surface area contributed by atoms with Crippen LogP contribution < -0.4 is 14.8 Å². The topological polar surface area (TPSA) is 110 Å². The summed E-state index contributed by atoms with van der Waals surface area (Å²) in [7, 11) is -3.94. The third-order valence-electron chi connectivity index (χ3n) is 3.63. The molecule has 0 aliphatic rings. The molecule has 1 heterocycles. The highest BCUT2D eigenvalue weighted by Crippen LogP contribution is 2.24. The van der Waals surface area contributed by atoms with Gasteiger partial charge >= 0.3 is 0 Å². The first kappa shape index (κ1) is 22.4.